The second-order valence-corrected chi connectivity index (χ2v) is 8.32. The minimum Gasteiger partial charge on any atom is -0.457 e. The van der Waals surface area contributed by atoms with Gasteiger partial charge in [-0.15, -0.1) is 0 Å². The highest BCUT2D eigenvalue weighted by molar-refractivity contribution is 5.94. The van der Waals surface area contributed by atoms with Gasteiger partial charge in [-0.05, 0) is 55.7 Å². The van der Waals surface area contributed by atoms with Gasteiger partial charge >= 0.3 is 0 Å². The summed E-state index contributed by atoms with van der Waals surface area (Å²) in [6, 6.07) is 16.6. The number of carbonyl (C=O) groups is 2. The van der Waals surface area contributed by atoms with E-state index in [1.165, 1.54) is 4.90 Å². The van der Waals surface area contributed by atoms with Crippen LogP contribution in [0.2, 0.25) is 0 Å². The van der Waals surface area contributed by atoms with Crippen LogP contribution in [0.5, 0.6) is 11.5 Å². The first-order chi connectivity index (χ1) is 16.6. The Hall–Kier alpha value is -3.35. The number of nitrogens with zero attached hydrogens (tertiary/aromatic N) is 1. The third-order valence-corrected chi connectivity index (χ3v) is 5.52. The monoisotopic (exact) mass is 466 g/mol. The molecule has 0 aliphatic rings. The molecule has 0 fully saturated rings. The highest BCUT2D eigenvalue weighted by atomic mass is 16.5. The van der Waals surface area contributed by atoms with E-state index >= 15 is 0 Å². The first-order valence-corrected chi connectivity index (χ1v) is 12.3. The predicted octanol–water partition coefficient (Wildman–Crippen LogP) is 5.33. The molecule has 184 valence electrons. The third-order valence-electron chi connectivity index (χ3n) is 5.52. The molecule has 34 heavy (non-hydrogen) atoms. The molecule has 0 saturated heterocycles. The smallest absolute Gasteiger partial charge is 0.251 e. The summed E-state index contributed by atoms with van der Waals surface area (Å²) >= 11 is 0. The molecule has 7 heteroatoms. The summed E-state index contributed by atoms with van der Waals surface area (Å²) in [6.45, 7) is 5.09. The molecule has 0 aliphatic carbocycles. The molecule has 0 spiro atoms. The second kappa shape index (κ2) is 15.5. The van der Waals surface area contributed by atoms with Crippen LogP contribution in [0.3, 0.4) is 0 Å². The lowest BCUT2D eigenvalue weighted by Gasteiger charge is -2.25. The van der Waals surface area contributed by atoms with Gasteiger partial charge in [0.15, 0.2) is 5.96 Å². The highest BCUT2D eigenvalue weighted by Crippen LogP contribution is 2.21. The Kier molecular flexibility index (Phi) is 12.2. The summed E-state index contributed by atoms with van der Waals surface area (Å²) in [4.78, 5) is 25.3. The van der Waals surface area contributed by atoms with Crippen molar-refractivity contribution in [3.63, 3.8) is 0 Å². The Morgan fingerprint density at radius 1 is 0.971 bits per heavy atom. The van der Waals surface area contributed by atoms with Crippen molar-refractivity contribution in [3.8, 4) is 11.5 Å². The van der Waals surface area contributed by atoms with Crippen LogP contribution >= 0.6 is 0 Å². The molecule has 2 aromatic rings. The van der Waals surface area contributed by atoms with Crippen molar-refractivity contribution in [2.24, 2.45) is 0 Å². The van der Waals surface area contributed by atoms with Crippen LogP contribution < -0.4 is 15.4 Å². The summed E-state index contributed by atoms with van der Waals surface area (Å²) in [6.07, 6.45) is 7.64. The van der Waals surface area contributed by atoms with Gasteiger partial charge in [-0.3, -0.25) is 19.9 Å². The van der Waals surface area contributed by atoms with E-state index in [0.29, 0.717) is 37.2 Å². The van der Waals surface area contributed by atoms with Crippen LogP contribution in [-0.4, -0.2) is 42.3 Å². The summed E-state index contributed by atoms with van der Waals surface area (Å²) in [5.74, 6) is 1.34. The fourth-order valence-corrected chi connectivity index (χ4v) is 3.54. The van der Waals surface area contributed by atoms with Crippen molar-refractivity contribution in [2.45, 2.75) is 64.8 Å². The number of hydrogen-bond acceptors (Lipinski definition) is 4. The van der Waals surface area contributed by atoms with Crippen LogP contribution in [0.25, 0.3) is 0 Å². The fourth-order valence-electron chi connectivity index (χ4n) is 3.54. The molecule has 0 bridgehead atoms. The minimum atomic E-state index is -0.184. The number of unbranched alkanes of at least 4 members (excludes halogenated alkanes) is 2. The van der Waals surface area contributed by atoms with Crippen molar-refractivity contribution in [3.05, 3.63) is 60.2 Å². The van der Waals surface area contributed by atoms with Gasteiger partial charge in [-0.2, -0.15) is 0 Å². The number of amides is 2. The van der Waals surface area contributed by atoms with Gasteiger partial charge in [-0.1, -0.05) is 57.7 Å². The second-order valence-electron chi connectivity index (χ2n) is 8.32. The van der Waals surface area contributed by atoms with Gasteiger partial charge in [-0.25, -0.2) is 0 Å². The quantitative estimate of drug-likeness (QED) is 0.143. The van der Waals surface area contributed by atoms with E-state index < -0.39 is 0 Å². The zero-order valence-corrected chi connectivity index (χ0v) is 20.4. The van der Waals surface area contributed by atoms with E-state index in [4.69, 9.17) is 10.1 Å². The van der Waals surface area contributed by atoms with Crippen LogP contribution in [0, 0.1) is 5.41 Å². The van der Waals surface area contributed by atoms with Crippen molar-refractivity contribution in [2.75, 3.05) is 13.1 Å². The molecule has 2 aromatic carbocycles. The molecule has 3 N–H and O–H groups in total. The molecule has 0 radical (unpaired) electrons. The molecule has 0 unspecified atom stereocenters. The number of para-hydroxylation sites is 1. The lowest BCUT2D eigenvalue weighted by Crippen LogP contribution is -2.45. The summed E-state index contributed by atoms with van der Waals surface area (Å²) in [5.41, 5.74) is 0.539. The third kappa shape index (κ3) is 9.65. The molecule has 2 rings (SSSR count). The topological polar surface area (TPSA) is 94.5 Å². The Bertz CT molecular complexity index is 863. The number of nitrogens with one attached hydrogen (secondary N) is 3. The van der Waals surface area contributed by atoms with Crippen LogP contribution in [0.1, 0.15) is 69.2 Å². The SMILES string of the molecule is CCCCC(CCCC)NC(=N)N(C=O)CCCNC(=O)c1ccc(Oc2ccccc2)cc1. The molecule has 0 heterocycles. The Morgan fingerprint density at radius 2 is 1.59 bits per heavy atom. The maximum atomic E-state index is 12.4. The van der Waals surface area contributed by atoms with Crippen molar-refractivity contribution >= 4 is 18.3 Å². The lowest BCUT2D eigenvalue weighted by atomic mass is 10.0. The van der Waals surface area contributed by atoms with Gasteiger partial charge < -0.3 is 15.4 Å². The molecule has 0 saturated carbocycles. The maximum absolute atomic E-state index is 12.4. The predicted molar refractivity (Wildman–Crippen MR) is 136 cm³/mol. The molecule has 0 atom stereocenters. The van der Waals surface area contributed by atoms with Crippen molar-refractivity contribution < 1.29 is 14.3 Å². The Morgan fingerprint density at radius 3 is 2.18 bits per heavy atom. The van der Waals surface area contributed by atoms with Gasteiger partial charge in [0.1, 0.15) is 11.5 Å². The van der Waals surface area contributed by atoms with Crippen LogP contribution in [0.15, 0.2) is 54.6 Å². The zero-order valence-electron chi connectivity index (χ0n) is 20.4. The summed E-state index contributed by atoms with van der Waals surface area (Å²) < 4.78 is 5.75. The number of hydrogen-bond donors (Lipinski definition) is 3. The minimum absolute atomic E-state index is 0.132. The normalized spacial score (nSPS) is 10.6. The van der Waals surface area contributed by atoms with E-state index in [9.17, 15) is 9.59 Å². The molecule has 7 nitrogen and oxygen atoms in total. The lowest BCUT2D eigenvalue weighted by molar-refractivity contribution is -0.115. The van der Waals surface area contributed by atoms with Gasteiger partial charge in [0.05, 0.1) is 0 Å². The van der Waals surface area contributed by atoms with E-state index in [-0.39, 0.29) is 17.9 Å². The maximum Gasteiger partial charge on any atom is 0.251 e. The van der Waals surface area contributed by atoms with E-state index in [2.05, 4.69) is 24.5 Å². The summed E-state index contributed by atoms with van der Waals surface area (Å²) in [7, 11) is 0. The zero-order chi connectivity index (χ0) is 24.6. The van der Waals surface area contributed by atoms with Crippen molar-refractivity contribution in [1.29, 1.82) is 5.41 Å². The number of carbonyl (C=O) groups excluding carboxylic acids is 2. The average molecular weight is 467 g/mol. The first-order valence-electron chi connectivity index (χ1n) is 12.3. The van der Waals surface area contributed by atoms with Gasteiger partial charge in [0, 0.05) is 24.7 Å². The van der Waals surface area contributed by atoms with E-state index in [1.807, 2.05) is 30.3 Å². The van der Waals surface area contributed by atoms with Crippen LogP contribution in [0.4, 0.5) is 0 Å². The van der Waals surface area contributed by atoms with Gasteiger partial charge in [0.25, 0.3) is 5.91 Å². The molecular weight excluding hydrogens is 428 g/mol. The standard InChI is InChI=1S/C27H38N4O3/c1-3-5-11-23(12-6-4-2)30-27(28)31(21-32)20-10-19-29-26(33)22-15-17-25(18-16-22)34-24-13-8-7-9-14-24/h7-9,13-18,21,23H,3-6,10-12,19-20H2,1-2H3,(H2,28,30)(H,29,33). The molecule has 2 amide bonds. The first kappa shape index (κ1) is 26.9. The number of ether oxygens (including phenoxy) is 1. The van der Waals surface area contributed by atoms with E-state index in [1.54, 1.807) is 24.3 Å². The number of rotatable bonds is 15. The average Bonchev–Trinajstić information content (AvgIpc) is 2.86. The highest BCUT2D eigenvalue weighted by Gasteiger charge is 2.14. The molecule has 0 aromatic heterocycles. The number of benzene rings is 2. The van der Waals surface area contributed by atoms with E-state index in [0.717, 1.165) is 44.3 Å². The van der Waals surface area contributed by atoms with Gasteiger partial charge in [0.2, 0.25) is 6.41 Å². The number of guanidine groups is 1. The fraction of sp³-hybridized carbons (Fsp3) is 0.444. The van der Waals surface area contributed by atoms with Crippen molar-refractivity contribution in [1.82, 2.24) is 15.5 Å². The summed E-state index contributed by atoms with van der Waals surface area (Å²) in [5, 5.41) is 14.4. The molecule has 0 aliphatic heterocycles. The van der Waals surface area contributed by atoms with Crippen LogP contribution in [-0.2, 0) is 4.79 Å². The Balaban J connectivity index is 1.75. The molecular formula is C27H38N4O3. The largest absolute Gasteiger partial charge is 0.457 e. The Labute approximate surface area is 203 Å².